The third-order valence-electron chi connectivity index (χ3n) is 3.81. The third-order valence-corrected chi connectivity index (χ3v) is 3.81. The number of nitrogens with two attached hydrogens (primary N) is 1. The Morgan fingerprint density at radius 1 is 1.22 bits per heavy atom. The summed E-state index contributed by atoms with van der Waals surface area (Å²) in [6.07, 6.45) is 0.487. The molecule has 0 aromatic rings. The van der Waals surface area contributed by atoms with E-state index >= 15 is 0 Å². The number of hydrogen-bond donors (Lipinski definition) is 3. The summed E-state index contributed by atoms with van der Waals surface area (Å²) in [6.45, 7) is 7.40. The number of amides is 3. The van der Waals surface area contributed by atoms with Gasteiger partial charge in [-0.2, -0.15) is 0 Å². The van der Waals surface area contributed by atoms with Crippen molar-refractivity contribution >= 4 is 17.7 Å². The van der Waals surface area contributed by atoms with E-state index in [0.29, 0.717) is 32.7 Å². The predicted molar refractivity (Wildman–Crippen MR) is 85.4 cm³/mol. The van der Waals surface area contributed by atoms with Crippen LogP contribution in [0.3, 0.4) is 0 Å². The molecule has 23 heavy (non-hydrogen) atoms. The Hall–Kier alpha value is -1.67. The fourth-order valence-corrected chi connectivity index (χ4v) is 2.18. The lowest BCUT2D eigenvalue weighted by atomic mass is 10.1. The summed E-state index contributed by atoms with van der Waals surface area (Å²) in [4.78, 5) is 37.7. The highest BCUT2D eigenvalue weighted by Crippen LogP contribution is 2.03. The molecule has 1 rings (SSSR count). The normalized spacial score (nSPS) is 17.5. The Morgan fingerprint density at radius 3 is 2.35 bits per heavy atom. The van der Waals surface area contributed by atoms with Crippen LogP contribution in [0.2, 0.25) is 0 Å². The van der Waals surface area contributed by atoms with Crippen molar-refractivity contribution in [2.24, 2.45) is 11.7 Å². The first kappa shape index (κ1) is 19.4. The van der Waals surface area contributed by atoms with Gasteiger partial charge < -0.3 is 26.0 Å². The maximum absolute atomic E-state index is 12.3. The summed E-state index contributed by atoms with van der Waals surface area (Å²) in [5, 5.41) is 5.15. The molecule has 0 spiro atoms. The molecule has 0 saturated carbocycles. The van der Waals surface area contributed by atoms with Crippen LogP contribution in [-0.2, 0) is 19.1 Å². The van der Waals surface area contributed by atoms with Crippen LogP contribution in [0.5, 0.6) is 0 Å². The van der Waals surface area contributed by atoms with Crippen molar-refractivity contribution in [1.82, 2.24) is 15.5 Å². The van der Waals surface area contributed by atoms with E-state index in [1.807, 2.05) is 20.8 Å². The molecule has 4 N–H and O–H groups in total. The van der Waals surface area contributed by atoms with Gasteiger partial charge in [0, 0.05) is 13.1 Å². The van der Waals surface area contributed by atoms with Gasteiger partial charge in [-0.15, -0.1) is 0 Å². The van der Waals surface area contributed by atoms with Crippen LogP contribution in [0.1, 0.15) is 27.2 Å². The Kier molecular flexibility index (Phi) is 7.97. The smallest absolute Gasteiger partial charge is 0.245 e. The van der Waals surface area contributed by atoms with Crippen molar-refractivity contribution in [3.63, 3.8) is 0 Å². The standard InChI is InChI=1S/C15H28N4O4/c1-4-11(15(22)19-5-7-23-8-6-19)18-12(20)9-17-14(21)13(16)10(2)3/h10-11,13H,4-9,16H2,1-3H3,(H,17,21)(H,18,20)/t11?,13-/m0/s1. The van der Waals surface area contributed by atoms with Gasteiger partial charge in [0.1, 0.15) is 6.04 Å². The molecule has 2 atom stereocenters. The number of nitrogens with zero attached hydrogens (tertiary/aromatic N) is 1. The molecule has 1 fully saturated rings. The van der Waals surface area contributed by atoms with Crippen molar-refractivity contribution in [3.8, 4) is 0 Å². The van der Waals surface area contributed by atoms with Crippen LogP contribution in [0.15, 0.2) is 0 Å². The molecule has 8 heteroatoms. The van der Waals surface area contributed by atoms with Crippen molar-refractivity contribution in [1.29, 1.82) is 0 Å². The van der Waals surface area contributed by atoms with Crippen molar-refractivity contribution in [2.75, 3.05) is 32.8 Å². The first-order chi connectivity index (χ1) is 10.9. The monoisotopic (exact) mass is 328 g/mol. The van der Waals surface area contributed by atoms with Crippen LogP contribution in [0.4, 0.5) is 0 Å². The summed E-state index contributed by atoms with van der Waals surface area (Å²) >= 11 is 0. The minimum atomic E-state index is -0.653. The highest BCUT2D eigenvalue weighted by atomic mass is 16.5. The van der Waals surface area contributed by atoms with Gasteiger partial charge in [-0.25, -0.2) is 0 Å². The van der Waals surface area contributed by atoms with Gasteiger partial charge in [-0.3, -0.25) is 14.4 Å². The van der Waals surface area contributed by atoms with Gasteiger partial charge >= 0.3 is 0 Å². The molecule has 0 radical (unpaired) electrons. The number of carbonyl (C=O) groups is 3. The molecular formula is C15H28N4O4. The van der Waals surface area contributed by atoms with E-state index in [2.05, 4.69) is 10.6 Å². The molecule has 0 bridgehead atoms. The Morgan fingerprint density at radius 2 is 1.83 bits per heavy atom. The first-order valence-corrected chi connectivity index (χ1v) is 8.06. The number of carbonyl (C=O) groups excluding carboxylic acids is 3. The van der Waals surface area contributed by atoms with E-state index in [1.54, 1.807) is 4.90 Å². The minimum Gasteiger partial charge on any atom is -0.378 e. The highest BCUT2D eigenvalue weighted by Gasteiger charge is 2.26. The number of ether oxygens (including phenoxy) is 1. The van der Waals surface area contributed by atoms with Crippen molar-refractivity contribution in [2.45, 2.75) is 39.3 Å². The van der Waals surface area contributed by atoms with Crippen LogP contribution < -0.4 is 16.4 Å². The SMILES string of the molecule is CCC(NC(=O)CNC(=O)[C@@H](N)C(C)C)C(=O)N1CCOCC1. The molecule has 8 nitrogen and oxygen atoms in total. The van der Waals surface area contributed by atoms with E-state index in [0.717, 1.165) is 0 Å². The third kappa shape index (κ3) is 6.15. The van der Waals surface area contributed by atoms with Gasteiger partial charge in [0.2, 0.25) is 17.7 Å². The number of nitrogens with one attached hydrogen (secondary N) is 2. The molecule has 3 amide bonds. The van der Waals surface area contributed by atoms with E-state index in [4.69, 9.17) is 10.5 Å². The van der Waals surface area contributed by atoms with E-state index in [-0.39, 0.29) is 24.3 Å². The largest absolute Gasteiger partial charge is 0.378 e. The van der Waals surface area contributed by atoms with Gasteiger partial charge in [0.15, 0.2) is 0 Å². The number of rotatable bonds is 7. The molecule has 1 aliphatic heterocycles. The second-order valence-electron chi connectivity index (χ2n) is 5.95. The van der Waals surface area contributed by atoms with Crippen LogP contribution in [0, 0.1) is 5.92 Å². The minimum absolute atomic E-state index is 0.00986. The highest BCUT2D eigenvalue weighted by molar-refractivity contribution is 5.91. The first-order valence-electron chi connectivity index (χ1n) is 8.06. The predicted octanol–water partition coefficient (Wildman–Crippen LogP) is -1.16. The molecule has 1 aliphatic rings. The van der Waals surface area contributed by atoms with E-state index < -0.39 is 18.0 Å². The zero-order chi connectivity index (χ0) is 17.4. The zero-order valence-corrected chi connectivity index (χ0v) is 14.1. The molecule has 132 valence electrons. The van der Waals surface area contributed by atoms with Gasteiger partial charge in [-0.05, 0) is 12.3 Å². The number of morpholine rings is 1. The second kappa shape index (κ2) is 9.46. The summed E-state index contributed by atoms with van der Waals surface area (Å²) in [7, 11) is 0. The Bertz CT molecular complexity index is 422. The van der Waals surface area contributed by atoms with Gasteiger partial charge in [0.05, 0.1) is 25.8 Å². The topological polar surface area (TPSA) is 114 Å². The lowest BCUT2D eigenvalue weighted by molar-refractivity contribution is -0.140. The molecule has 1 unspecified atom stereocenters. The average molecular weight is 328 g/mol. The van der Waals surface area contributed by atoms with Crippen molar-refractivity contribution < 1.29 is 19.1 Å². The molecule has 0 aromatic heterocycles. The zero-order valence-electron chi connectivity index (χ0n) is 14.1. The second-order valence-corrected chi connectivity index (χ2v) is 5.95. The van der Waals surface area contributed by atoms with Crippen LogP contribution in [-0.4, -0.2) is 67.6 Å². The lowest BCUT2D eigenvalue weighted by Gasteiger charge is -2.30. The molecule has 0 aromatic carbocycles. The fourth-order valence-electron chi connectivity index (χ4n) is 2.18. The Labute approximate surface area is 137 Å². The summed E-state index contributed by atoms with van der Waals surface area (Å²) < 4.78 is 5.21. The summed E-state index contributed by atoms with van der Waals surface area (Å²) in [6, 6.07) is -1.24. The Balaban J connectivity index is 2.43. The maximum Gasteiger partial charge on any atom is 0.245 e. The molecular weight excluding hydrogens is 300 g/mol. The summed E-state index contributed by atoms with van der Waals surface area (Å²) in [5.41, 5.74) is 5.70. The van der Waals surface area contributed by atoms with E-state index in [9.17, 15) is 14.4 Å². The van der Waals surface area contributed by atoms with Crippen LogP contribution >= 0.6 is 0 Å². The lowest BCUT2D eigenvalue weighted by Crippen LogP contribution is -2.53. The quantitative estimate of drug-likeness (QED) is 0.545. The van der Waals surface area contributed by atoms with Crippen molar-refractivity contribution in [3.05, 3.63) is 0 Å². The molecule has 0 aliphatic carbocycles. The fraction of sp³-hybridized carbons (Fsp3) is 0.800. The molecule has 1 saturated heterocycles. The number of hydrogen-bond acceptors (Lipinski definition) is 5. The molecule has 1 heterocycles. The maximum atomic E-state index is 12.3. The van der Waals surface area contributed by atoms with Gasteiger partial charge in [0.25, 0.3) is 0 Å². The van der Waals surface area contributed by atoms with Gasteiger partial charge in [-0.1, -0.05) is 20.8 Å². The average Bonchev–Trinajstić information content (AvgIpc) is 2.56. The van der Waals surface area contributed by atoms with E-state index in [1.165, 1.54) is 0 Å². The summed E-state index contributed by atoms with van der Waals surface area (Å²) in [5.74, 6) is -0.899. The van der Waals surface area contributed by atoms with Crippen LogP contribution in [0.25, 0.3) is 0 Å².